The molecule has 2 fully saturated rings. The van der Waals surface area contributed by atoms with Gasteiger partial charge in [0.05, 0.1) is 26.2 Å². The van der Waals surface area contributed by atoms with Gasteiger partial charge >= 0.3 is 5.97 Å². The van der Waals surface area contributed by atoms with Crippen molar-refractivity contribution in [1.82, 2.24) is 4.90 Å². The van der Waals surface area contributed by atoms with E-state index in [1.165, 1.54) is 12.7 Å². The highest BCUT2D eigenvalue weighted by atomic mass is 16.5. The van der Waals surface area contributed by atoms with Crippen LogP contribution in [0.3, 0.4) is 0 Å². The quantitative estimate of drug-likeness (QED) is 0.712. The average Bonchev–Trinajstić information content (AvgIpc) is 3.41. The second-order valence-corrected chi connectivity index (χ2v) is 7.28. The molecule has 1 saturated heterocycles. The molecule has 25 heavy (non-hydrogen) atoms. The summed E-state index contributed by atoms with van der Waals surface area (Å²) in [6.07, 6.45) is 4.16. The number of esters is 1. The number of morpholine rings is 1. The predicted octanol–water partition coefficient (Wildman–Crippen LogP) is 2.44. The highest BCUT2D eigenvalue weighted by molar-refractivity contribution is 5.83. The van der Waals surface area contributed by atoms with Crippen LogP contribution in [-0.4, -0.2) is 50.2 Å². The third-order valence-corrected chi connectivity index (χ3v) is 5.38. The molecule has 2 aliphatic rings. The third kappa shape index (κ3) is 4.82. The maximum atomic E-state index is 12.6. The fourth-order valence-corrected chi connectivity index (χ4v) is 3.74. The topological polar surface area (TPSA) is 55.8 Å². The van der Waals surface area contributed by atoms with Crippen LogP contribution in [0.25, 0.3) is 0 Å². The molecule has 5 heteroatoms. The summed E-state index contributed by atoms with van der Waals surface area (Å²) in [6.45, 7) is 2.38. The van der Waals surface area contributed by atoms with Crippen LogP contribution in [0.5, 0.6) is 0 Å². The van der Waals surface area contributed by atoms with Crippen molar-refractivity contribution in [2.75, 3.05) is 33.4 Å². The summed E-state index contributed by atoms with van der Waals surface area (Å²) >= 11 is 0. The number of hydrogen-bond donors (Lipinski definition) is 0. The summed E-state index contributed by atoms with van der Waals surface area (Å²) in [5.74, 6) is -0.582. The SMILES string of the molecule is COC(=O)[C@@H](CC(=O)N1CCOCC1)CC1(Cc2ccccc2)CC1. The van der Waals surface area contributed by atoms with Gasteiger partial charge in [0.25, 0.3) is 0 Å². The third-order valence-electron chi connectivity index (χ3n) is 5.38. The summed E-state index contributed by atoms with van der Waals surface area (Å²) in [5, 5.41) is 0. The maximum absolute atomic E-state index is 12.6. The normalized spacial score (nSPS) is 20.0. The number of carbonyl (C=O) groups is 2. The molecule has 1 amide bonds. The lowest BCUT2D eigenvalue weighted by atomic mass is 9.85. The van der Waals surface area contributed by atoms with Crippen molar-refractivity contribution in [1.29, 1.82) is 0 Å². The van der Waals surface area contributed by atoms with Crippen molar-refractivity contribution >= 4 is 11.9 Å². The second kappa shape index (κ2) is 8.00. The Bertz CT molecular complexity index is 591. The lowest BCUT2D eigenvalue weighted by molar-refractivity contribution is -0.150. The van der Waals surface area contributed by atoms with Crippen LogP contribution in [0.2, 0.25) is 0 Å². The smallest absolute Gasteiger partial charge is 0.309 e. The van der Waals surface area contributed by atoms with E-state index in [0.29, 0.717) is 26.3 Å². The monoisotopic (exact) mass is 345 g/mol. The van der Waals surface area contributed by atoms with Gasteiger partial charge in [-0.05, 0) is 36.7 Å². The van der Waals surface area contributed by atoms with E-state index in [1.54, 1.807) is 4.90 Å². The van der Waals surface area contributed by atoms with Gasteiger partial charge in [0.1, 0.15) is 0 Å². The first-order chi connectivity index (χ1) is 12.1. The summed E-state index contributed by atoms with van der Waals surface area (Å²) in [5.41, 5.74) is 1.44. The van der Waals surface area contributed by atoms with Crippen molar-refractivity contribution < 1.29 is 19.1 Å². The second-order valence-electron chi connectivity index (χ2n) is 7.28. The van der Waals surface area contributed by atoms with Gasteiger partial charge < -0.3 is 14.4 Å². The minimum Gasteiger partial charge on any atom is -0.469 e. The fraction of sp³-hybridized carbons (Fsp3) is 0.600. The zero-order valence-electron chi connectivity index (χ0n) is 14.9. The molecule has 1 aliphatic heterocycles. The molecule has 0 aromatic heterocycles. The fourth-order valence-electron chi connectivity index (χ4n) is 3.74. The number of amides is 1. The summed E-state index contributed by atoms with van der Waals surface area (Å²) in [4.78, 5) is 26.6. The molecule has 1 aliphatic carbocycles. The van der Waals surface area contributed by atoms with Crippen molar-refractivity contribution in [2.45, 2.75) is 32.1 Å². The predicted molar refractivity (Wildman–Crippen MR) is 94.0 cm³/mol. The molecule has 1 aromatic rings. The van der Waals surface area contributed by atoms with Crippen LogP contribution < -0.4 is 0 Å². The van der Waals surface area contributed by atoms with E-state index >= 15 is 0 Å². The van der Waals surface area contributed by atoms with E-state index in [2.05, 4.69) is 12.1 Å². The van der Waals surface area contributed by atoms with Crippen LogP contribution in [-0.2, 0) is 25.5 Å². The molecule has 0 spiro atoms. The van der Waals surface area contributed by atoms with E-state index in [4.69, 9.17) is 9.47 Å². The van der Waals surface area contributed by atoms with Gasteiger partial charge in [-0.1, -0.05) is 30.3 Å². The highest BCUT2D eigenvalue weighted by Crippen LogP contribution is 2.53. The Balaban J connectivity index is 1.62. The number of methoxy groups -OCH3 is 1. The lowest BCUT2D eigenvalue weighted by Gasteiger charge is -2.29. The summed E-state index contributed by atoms with van der Waals surface area (Å²) in [7, 11) is 1.41. The van der Waals surface area contributed by atoms with Crippen molar-refractivity contribution in [3.63, 3.8) is 0 Å². The molecule has 136 valence electrons. The Morgan fingerprint density at radius 1 is 1.20 bits per heavy atom. The molecule has 3 rings (SSSR count). The molecule has 1 atom stereocenters. The minimum atomic E-state index is -0.355. The molecule has 5 nitrogen and oxygen atoms in total. The maximum Gasteiger partial charge on any atom is 0.309 e. The number of hydrogen-bond acceptors (Lipinski definition) is 4. The number of ether oxygens (including phenoxy) is 2. The molecule has 0 N–H and O–H groups in total. The summed E-state index contributed by atoms with van der Waals surface area (Å²) in [6, 6.07) is 10.4. The molecule has 0 bridgehead atoms. The largest absolute Gasteiger partial charge is 0.469 e. The van der Waals surface area contributed by atoms with E-state index in [1.807, 2.05) is 18.2 Å². The Morgan fingerprint density at radius 3 is 2.48 bits per heavy atom. The van der Waals surface area contributed by atoms with Crippen LogP contribution in [0.4, 0.5) is 0 Å². The number of benzene rings is 1. The van der Waals surface area contributed by atoms with E-state index in [-0.39, 0.29) is 29.6 Å². The zero-order valence-corrected chi connectivity index (χ0v) is 14.9. The molecule has 1 aromatic carbocycles. The Labute approximate surface area is 149 Å². The van der Waals surface area contributed by atoms with Gasteiger partial charge in [-0.25, -0.2) is 0 Å². The van der Waals surface area contributed by atoms with Crippen LogP contribution in [0, 0.1) is 11.3 Å². The van der Waals surface area contributed by atoms with Crippen LogP contribution in [0.15, 0.2) is 30.3 Å². The van der Waals surface area contributed by atoms with E-state index in [0.717, 1.165) is 25.7 Å². The van der Waals surface area contributed by atoms with Crippen LogP contribution in [0.1, 0.15) is 31.2 Å². The first kappa shape index (κ1) is 17.9. The Morgan fingerprint density at radius 2 is 1.88 bits per heavy atom. The molecule has 1 heterocycles. The lowest BCUT2D eigenvalue weighted by Crippen LogP contribution is -2.42. The Hall–Kier alpha value is -1.88. The van der Waals surface area contributed by atoms with Gasteiger partial charge in [-0.15, -0.1) is 0 Å². The van der Waals surface area contributed by atoms with E-state index < -0.39 is 0 Å². The molecule has 1 saturated carbocycles. The molecule has 0 radical (unpaired) electrons. The van der Waals surface area contributed by atoms with E-state index in [9.17, 15) is 9.59 Å². The number of carbonyl (C=O) groups excluding carboxylic acids is 2. The van der Waals surface area contributed by atoms with Crippen molar-refractivity contribution in [2.24, 2.45) is 11.3 Å². The Kier molecular flexibility index (Phi) is 5.74. The van der Waals surface area contributed by atoms with Gasteiger partial charge in [0.15, 0.2) is 0 Å². The van der Waals surface area contributed by atoms with Crippen LogP contribution >= 0.6 is 0 Å². The minimum absolute atomic E-state index is 0.0363. The van der Waals surface area contributed by atoms with Gasteiger partial charge in [-0.3, -0.25) is 9.59 Å². The first-order valence-electron chi connectivity index (χ1n) is 9.09. The molecule has 0 unspecified atom stereocenters. The van der Waals surface area contributed by atoms with Gasteiger partial charge in [-0.2, -0.15) is 0 Å². The number of nitrogens with zero attached hydrogens (tertiary/aromatic N) is 1. The van der Waals surface area contributed by atoms with Gasteiger partial charge in [0, 0.05) is 19.5 Å². The molecular weight excluding hydrogens is 318 g/mol. The van der Waals surface area contributed by atoms with Crippen molar-refractivity contribution in [3.05, 3.63) is 35.9 Å². The highest BCUT2D eigenvalue weighted by Gasteiger charge is 2.46. The zero-order chi connectivity index (χ0) is 17.7. The number of rotatable bonds is 7. The molecular formula is C20H27NO4. The van der Waals surface area contributed by atoms with Gasteiger partial charge in [0.2, 0.25) is 5.91 Å². The average molecular weight is 345 g/mol. The van der Waals surface area contributed by atoms with Crippen molar-refractivity contribution in [3.8, 4) is 0 Å². The first-order valence-corrected chi connectivity index (χ1v) is 9.09. The standard InChI is InChI=1S/C20H27NO4/c1-24-19(23)17(13-18(22)21-9-11-25-12-10-21)15-20(7-8-20)14-16-5-3-2-4-6-16/h2-6,17H,7-15H2,1H3/t17-/m0/s1. The summed E-state index contributed by atoms with van der Waals surface area (Å²) < 4.78 is 10.3.